The lowest BCUT2D eigenvalue weighted by atomic mass is 9.94. The van der Waals surface area contributed by atoms with E-state index in [1.54, 1.807) is 146 Å². The highest BCUT2D eigenvalue weighted by Gasteiger charge is 2.38. The number of phenols is 14. The van der Waals surface area contributed by atoms with Gasteiger partial charge in [-0.3, -0.25) is 28.8 Å². The average molecular weight is 1720 g/mol. The van der Waals surface area contributed by atoms with Crippen LogP contribution in [0.5, 0.6) is 132 Å². The monoisotopic (exact) mass is 1710 g/mol. The van der Waals surface area contributed by atoms with Gasteiger partial charge in [-0.1, -0.05) is 54.6 Å². The van der Waals surface area contributed by atoms with E-state index in [0.29, 0.717) is 56.9 Å². The Bertz CT molecular complexity index is 5620. The highest BCUT2D eigenvalue weighted by molar-refractivity contribution is 6.06. The molecule has 12 aromatic carbocycles. The molecular formula is C97H86O29. The van der Waals surface area contributed by atoms with Gasteiger partial charge in [0.1, 0.15) is 168 Å². The number of methoxy groups -OCH3 is 3. The molecule has 29 heteroatoms. The van der Waals surface area contributed by atoms with Crippen LogP contribution >= 0.6 is 0 Å². The third-order valence-corrected chi connectivity index (χ3v) is 21.1. The van der Waals surface area contributed by atoms with Crippen molar-refractivity contribution in [3.63, 3.8) is 0 Å². The summed E-state index contributed by atoms with van der Waals surface area (Å²) in [4.78, 5) is 73.2. The minimum Gasteiger partial charge on any atom is -0.508 e. The number of carbonyl (C=O) groups is 6. The zero-order valence-electron chi connectivity index (χ0n) is 68.6. The zero-order chi connectivity index (χ0) is 90.4. The second-order valence-corrected chi connectivity index (χ2v) is 30.3. The van der Waals surface area contributed by atoms with Crippen LogP contribution < -0.4 is 42.6 Å². The predicted octanol–water partition coefficient (Wildman–Crippen LogP) is 17.5. The van der Waals surface area contributed by atoms with E-state index in [1.807, 2.05) is 27.7 Å². The van der Waals surface area contributed by atoms with E-state index < -0.39 is 36.6 Å². The minimum absolute atomic E-state index is 0.00562. The van der Waals surface area contributed by atoms with Gasteiger partial charge in [0.25, 0.3) is 0 Å². The van der Waals surface area contributed by atoms with Gasteiger partial charge in [0.2, 0.25) is 0 Å². The standard InChI is InChI=1S/2C17H16O5.C16H14O6.2C16H14O4.C15H12O5/c2*1-9-5-12(19)17-13(20)8-15(22-16(17)6-9)10-3-4-14(21-2)11(18)7-10;1-21-13-3-2-8(4-10(13)18)14-7-12(20)16-11(19)5-9(17)6-15(16)22-14;2*1-9-6-12(18)16-13(19)8-14(20-15(16)7-9)10-2-4-11(17)5-3-10;16-9-3-1-8(2-4-9)13-7-12(19)15-11(18)5-10(17)6-14(15)20-13/h2*3-7,15,18-19H,8H2,1-2H3;2-6,14,17-19H,7H2,1H3;2*2-7,14,17-18H,8H2,1H3;1-6,13,16-18H,7H2. The fourth-order valence-corrected chi connectivity index (χ4v) is 15.0. The Morgan fingerprint density at radius 2 is 0.397 bits per heavy atom. The molecule has 14 N–H and O–H groups in total. The first-order valence-corrected chi connectivity index (χ1v) is 39.2. The van der Waals surface area contributed by atoms with Gasteiger partial charge >= 0.3 is 0 Å². The zero-order valence-corrected chi connectivity index (χ0v) is 68.6. The number of ketones is 6. The van der Waals surface area contributed by atoms with E-state index in [-0.39, 0.29) is 199 Å². The van der Waals surface area contributed by atoms with E-state index >= 15 is 0 Å². The lowest BCUT2D eigenvalue weighted by Gasteiger charge is -2.26. The van der Waals surface area contributed by atoms with Gasteiger partial charge in [-0.05, 0) is 205 Å². The number of phenolic OH excluding ortho intramolecular Hbond substituents is 14. The summed E-state index contributed by atoms with van der Waals surface area (Å²) in [5, 5.41) is 135. The van der Waals surface area contributed by atoms with Crippen molar-refractivity contribution < 1.29 is 143 Å². The quantitative estimate of drug-likeness (QED) is 0.0638. The number of carbonyl (C=O) groups excluding carboxylic acids is 6. The van der Waals surface area contributed by atoms with Gasteiger partial charge in [0, 0.05) is 24.3 Å². The van der Waals surface area contributed by atoms with Crippen LogP contribution in [0.2, 0.25) is 0 Å². The molecule has 126 heavy (non-hydrogen) atoms. The predicted molar refractivity (Wildman–Crippen MR) is 453 cm³/mol. The summed E-state index contributed by atoms with van der Waals surface area (Å²) in [7, 11) is 4.38. The molecule has 12 aromatic rings. The average Bonchev–Trinajstić information content (AvgIpc) is 1.70. The topological polar surface area (TPSA) is 469 Å². The van der Waals surface area contributed by atoms with Gasteiger partial charge in [-0.2, -0.15) is 0 Å². The molecule has 18 rings (SSSR count). The Morgan fingerprint density at radius 1 is 0.214 bits per heavy atom. The van der Waals surface area contributed by atoms with Crippen LogP contribution in [0.4, 0.5) is 0 Å². The van der Waals surface area contributed by atoms with Crippen molar-refractivity contribution in [2.24, 2.45) is 0 Å². The molecule has 0 aliphatic carbocycles. The first-order valence-electron chi connectivity index (χ1n) is 39.2. The van der Waals surface area contributed by atoms with Crippen LogP contribution in [0.15, 0.2) is 200 Å². The summed E-state index contributed by atoms with van der Waals surface area (Å²) in [6.07, 6.45) is -2.22. The maximum absolute atomic E-state index is 12.3. The van der Waals surface area contributed by atoms with Crippen molar-refractivity contribution in [1.82, 2.24) is 0 Å². The maximum atomic E-state index is 12.3. The smallest absolute Gasteiger partial charge is 0.174 e. The first-order chi connectivity index (χ1) is 60.1. The Hall–Kier alpha value is -15.9. The normalized spacial score (nSPS) is 17.1. The molecule has 0 fully saturated rings. The molecule has 6 atom stereocenters. The molecule has 6 heterocycles. The summed E-state index contributed by atoms with van der Waals surface area (Å²) in [5.74, 6) is 0.985. The molecule has 6 unspecified atom stereocenters. The SMILES string of the molecule is COc1ccc(C2CC(=O)c3c(O)cc(C)cc3O2)cc1O.COc1ccc(C2CC(=O)c3c(O)cc(C)cc3O2)cc1O.COc1ccc(C2CC(=O)c3c(O)cc(O)cc3O2)cc1O.Cc1cc(O)c2c(c1)OC(c1ccc(O)cc1)CC2=O.Cc1cc(O)c2c(c1)OC(c1ccc(O)cc1)CC2=O.O=C1CC(c2ccc(O)cc2)Oc2cc(O)cc(O)c21. The Labute approximate surface area is 719 Å². The fraction of sp³-hybridized carbons (Fsp3) is 0.196. The minimum atomic E-state index is -0.613. The molecule has 0 saturated heterocycles. The Morgan fingerprint density at radius 3 is 0.595 bits per heavy atom. The maximum Gasteiger partial charge on any atom is 0.174 e. The van der Waals surface area contributed by atoms with Crippen LogP contribution in [0.25, 0.3) is 0 Å². The van der Waals surface area contributed by atoms with Gasteiger partial charge in [-0.25, -0.2) is 0 Å². The van der Waals surface area contributed by atoms with E-state index in [1.165, 1.54) is 63.8 Å². The lowest BCUT2D eigenvalue weighted by Crippen LogP contribution is -2.20. The highest BCUT2D eigenvalue weighted by Crippen LogP contribution is 2.49. The molecule has 0 saturated carbocycles. The molecule has 0 spiro atoms. The molecular weight excluding hydrogens is 1630 g/mol. The highest BCUT2D eigenvalue weighted by atomic mass is 16.5. The first kappa shape index (κ1) is 87.9. The van der Waals surface area contributed by atoms with E-state index in [0.717, 1.165) is 51.1 Å². The molecule has 648 valence electrons. The summed E-state index contributed by atoms with van der Waals surface area (Å²) in [6, 6.07) is 52.0. The van der Waals surface area contributed by atoms with Crippen molar-refractivity contribution in [1.29, 1.82) is 0 Å². The summed E-state index contributed by atoms with van der Waals surface area (Å²) in [6.45, 7) is 7.29. The Balaban J connectivity index is 0.000000130. The summed E-state index contributed by atoms with van der Waals surface area (Å²) >= 11 is 0. The third kappa shape index (κ3) is 19.7. The lowest BCUT2D eigenvalue weighted by molar-refractivity contribution is 0.0834. The van der Waals surface area contributed by atoms with Gasteiger partial charge in [-0.15, -0.1) is 0 Å². The number of aryl methyl sites for hydroxylation is 4. The van der Waals surface area contributed by atoms with Gasteiger partial charge in [0.15, 0.2) is 69.2 Å². The van der Waals surface area contributed by atoms with Gasteiger partial charge in [0.05, 0.1) is 59.9 Å². The number of fused-ring (bicyclic) bond motifs is 6. The van der Waals surface area contributed by atoms with Gasteiger partial charge < -0.3 is 114 Å². The van der Waals surface area contributed by atoms with E-state index in [2.05, 4.69) is 0 Å². The summed E-state index contributed by atoms with van der Waals surface area (Å²) < 4.78 is 49.7. The number of hydrogen-bond acceptors (Lipinski definition) is 29. The van der Waals surface area contributed by atoms with Crippen molar-refractivity contribution >= 4 is 34.7 Å². The van der Waals surface area contributed by atoms with Crippen LogP contribution in [-0.2, 0) is 0 Å². The third-order valence-electron chi connectivity index (χ3n) is 21.1. The molecule has 0 bridgehead atoms. The van der Waals surface area contributed by atoms with Crippen molar-refractivity contribution in [2.75, 3.05) is 21.3 Å². The largest absolute Gasteiger partial charge is 0.508 e. The Kier molecular flexibility index (Phi) is 25.9. The number of rotatable bonds is 9. The van der Waals surface area contributed by atoms with Crippen LogP contribution in [0, 0.1) is 27.7 Å². The van der Waals surface area contributed by atoms with E-state index in [9.17, 15) is 100 Å². The number of Topliss-reactive ketones (excluding diaryl/α,β-unsaturated/α-hetero) is 6. The molecule has 6 aliphatic rings. The fourth-order valence-electron chi connectivity index (χ4n) is 15.0. The van der Waals surface area contributed by atoms with Crippen LogP contribution in [0.3, 0.4) is 0 Å². The number of ether oxygens (including phenoxy) is 9. The number of benzene rings is 12. The van der Waals surface area contributed by atoms with Crippen molar-refractivity contribution in [3.8, 4) is 132 Å². The summed E-state index contributed by atoms with van der Waals surface area (Å²) in [5.41, 5.74) is 8.73. The number of aromatic hydroxyl groups is 14. The molecule has 0 amide bonds. The molecule has 29 nitrogen and oxygen atoms in total. The number of hydrogen-bond donors (Lipinski definition) is 14. The molecule has 0 radical (unpaired) electrons. The van der Waals surface area contributed by atoms with Crippen molar-refractivity contribution in [3.05, 3.63) is 289 Å². The van der Waals surface area contributed by atoms with E-state index in [4.69, 9.17) is 42.6 Å². The van der Waals surface area contributed by atoms with Crippen molar-refractivity contribution in [2.45, 2.75) is 103 Å². The molecule has 0 aromatic heterocycles. The van der Waals surface area contributed by atoms with Crippen LogP contribution in [-0.4, -0.2) is 128 Å². The second-order valence-electron chi connectivity index (χ2n) is 30.3. The second kappa shape index (κ2) is 37.2. The van der Waals surface area contributed by atoms with Crippen LogP contribution in [0.1, 0.15) is 193 Å². The molecule has 6 aliphatic heterocycles.